The lowest BCUT2D eigenvalue weighted by Crippen LogP contribution is -2.37. The first-order valence-corrected chi connectivity index (χ1v) is 6.85. The molecular weight excluding hydrogens is 267 g/mol. The minimum absolute atomic E-state index is 0.0708. The van der Waals surface area contributed by atoms with Crippen molar-refractivity contribution in [2.24, 2.45) is 0 Å². The van der Waals surface area contributed by atoms with Crippen molar-refractivity contribution in [1.29, 1.82) is 0 Å². The summed E-state index contributed by atoms with van der Waals surface area (Å²) >= 11 is 5.67. The number of carbonyl (C=O) groups excluding carboxylic acids is 1. The first-order valence-electron chi connectivity index (χ1n) is 6.47. The van der Waals surface area contributed by atoms with Gasteiger partial charge in [-0.15, -0.1) is 0 Å². The topological polar surface area (TPSA) is 41.1 Å². The number of hydrogen-bond donors (Lipinski definition) is 2. The van der Waals surface area contributed by atoms with Gasteiger partial charge in [0.25, 0.3) is 0 Å². The number of amides is 1. The van der Waals surface area contributed by atoms with E-state index in [-0.39, 0.29) is 24.0 Å². The predicted octanol–water partition coefficient (Wildman–Crippen LogP) is 2.87. The van der Waals surface area contributed by atoms with Gasteiger partial charge in [-0.3, -0.25) is 4.79 Å². The van der Waals surface area contributed by atoms with Crippen LogP contribution in [-0.2, 0) is 11.3 Å². The highest BCUT2D eigenvalue weighted by atomic mass is 35.5. The molecule has 0 heterocycles. The molecule has 0 saturated heterocycles. The Kier molecular flexibility index (Phi) is 6.81. The summed E-state index contributed by atoms with van der Waals surface area (Å²) in [6.07, 6.45) is 2.10. The van der Waals surface area contributed by atoms with Crippen molar-refractivity contribution in [3.05, 3.63) is 34.6 Å². The van der Waals surface area contributed by atoms with E-state index < -0.39 is 5.82 Å². The number of carbonyl (C=O) groups is 1. The zero-order valence-corrected chi connectivity index (χ0v) is 12.1. The molecule has 1 atom stereocenters. The molecule has 0 aliphatic heterocycles. The van der Waals surface area contributed by atoms with Gasteiger partial charge in [0.05, 0.1) is 11.6 Å². The van der Waals surface area contributed by atoms with Crippen LogP contribution in [-0.4, -0.2) is 18.5 Å². The molecule has 0 saturated carbocycles. The number of rotatable bonds is 7. The first-order chi connectivity index (χ1) is 9.04. The van der Waals surface area contributed by atoms with Gasteiger partial charge in [-0.25, -0.2) is 4.39 Å². The van der Waals surface area contributed by atoms with Crippen LogP contribution in [0, 0.1) is 5.82 Å². The molecule has 1 amide bonds. The monoisotopic (exact) mass is 286 g/mol. The van der Waals surface area contributed by atoms with E-state index in [2.05, 4.69) is 17.6 Å². The van der Waals surface area contributed by atoms with Crippen LogP contribution in [0.3, 0.4) is 0 Å². The van der Waals surface area contributed by atoms with Crippen LogP contribution in [0.2, 0.25) is 5.02 Å². The highest BCUT2D eigenvalue weighted by Crippen LogP contribution is 2.17. The molecule has 0 unspecified atom stereocenters. The van der Waals surface area contributed by atoms with Crippen molar-refractivity contribution in [1.82, 2.24) is 10.6 Å². The Bertz CT molecular complexity index is 426. The average Bonchev–Trinajstić information content (AvgIpc) is 2.38. The molecule has 0 spiro atoms. The van der Waals surface area contributed by atoms with Crippen LogP contribution in [0.1, 0.15) is 32.3 Å². The Morgan fingerprint density at radius 1 is 1.47 bits per heavy atom. The molecule has 1 rings (SSSR count). The third-order valence-electron chi connectivity index (χ3n) is 2.84. The van der Waals surface area contributed by atoms with E-state index in [0.29, 0.717) is 11.6 Å². The average molecular weight is 287 g/mol. The van der Waals surface area contributed by atoms with Crippen molar-refractivity contribution in [3.63, 3.8) is 0 Å². The van der Waals surface area contributed by atoms with Gasteiger partial charge < -0.3 is 10.6 Å². The van der Waals surface area contributed by atoms with E-state index in [1.165, 1.54) is 6.07 Å². The van der Waals surface area contributed by atoms with Crippen molar-refractivity contribution in [2.45, 2.75) is 39.3 Å². The lowest BCUT2D eigenvalue weighted by Gasteiger charge is -2.12. The van der Waals surface area contributed by atoms with Crippen LogP contribution < -0.4 is 10.6 Å². The quantitative estimate of drug-likeness (QED) is 0.809. The highest BCUT2D eigenvalue weighted by Gasteiger charge is 2.08. The van der Waals surface area contributed by atoms with Crippen LogP contribution >= 0.6 is 11.6 Å². The molecule has 3 nitrogen and oxygen atoms in total. The van der Waals surface area contributed by atoms with Crippen LogP contribution in [0.15, 0.2) is 18.2 Å². The summed E-state index contributed by atoms with van der Waals surface area (Å²) in [6.45, 7) is 4.52. The van der Waals surface area contributed by atoms with E-state index >= 15 is 0 Å². The largest absolute Gasteiger partial charge is 0.351 e. The molecule has 0 fully saturated rings. The summed E-state index contributed by atoms with van der Waals surface area (Å²) in [5.41, 5.74) is 0.391. The Morgan fingerprint density at radius 2 is 2.21 bits per heavy atom. The van der Waals surface area contributed by atoms with Crippen LogP contribution in [0.4, 0.5) is 4.39 Å². The summed E-state index contributed by atoms with van der Waals surface area (Å²) in [5.74, 6) is -0.626. The molecular formula is C14H20ClFN2O. The van der Waals surface area contributed by atoms with Gasteiger partial charge in [-0.2, -0.15) is 0 Å². The first kappa shape index (κ1) is 15.9. The molecule has 0 aliphatic rings. The molecule has 0 aliphatic carbocycles. The van der Waals surface area contributed by atoms with Crippen LogP contribution in [0.25, 0.3) is 0 Å². The Balaban J connectivity index is 2.36. The van der Waals surface area contributed by atoms with E-state index in [4.69, 9.17) is 11.6 Å². The Hall–Kier alpha value is -1.13. The van der Waals surface area contributed by atoms with Gasteiger partial charge in [0.2, 0.25) is 5.91 Å². The molecule has 1 aromatic rings. The van der Waals surface area contributed by atoms with Gasteiger partial charge in [0.15, 0.2) is 0 Å². The fourth-order valence-electron chi connectivity index (χ4n) is 1.74. The predicted molar refractivity (Wildman–Crippen MR) is 75.6 cm³/mol. The van der Waals surface area contributed by atoms with Gasteiger partial charge in [0, 0.05) is 18.2 Å². The van der Waals surface area contributed by atoms with Gasteiger partial charge in [-0.05, 0) is 19.4 Å². The third kappa shape index (κ3) is 5.57. The fourth-order valence-corrected chi connectivity index (χ4v) is 1.94. The zero-order valence-electron chi connectivity index (χ0n) is 11.3. The van der Waals surface area contributed by atoms with E-state index in [0.717, 1.165) is 12.8 Å². The van der Waals surface area contributed by atoms with Crippen molar-refractivity contribution in [3.8, 4) is 0 Å². The highest BCUT2D eigenvalue weighted by molar-refractivity contribution is 6.30. The fraction of sp³-hybridized carbons (Fsp3) is 0.500. The van der Waals surface area contributed by atoms with Gasteiger partial charge >= 0.3 is 0 Å². The van der Waals surface area contributed by atoms with Gasteiger partial charge in [0.1, 0.15) is 5.82 Å². The molecule has 0 aromatic heterocycles. The minimum atomic E-state index is -0.475. The second kappa shape index (κ2) is 8.12. The molecule has 2 N–H and O–H groups in total. The maximum atomic E-state index is 13.6. The van der Waals surface area contributed by atoms with Crippen molar-refractivity contribution < 1.29 is 9.18 Å². The molecule has 19 heavy (non-hydrogen) atoms. The standard InChI is InChI=1S/C14H20ClFN2O/c1-3-5-10(2)17-9-13(19)18-8-11-6-4-7-12(15)14(11)16/h4,6-7,10,17H,3,5,8-9H2,1-2H3,(H,18,19)/t10-/m1/s1. The third-order valence-corrected chi connectivity index (χ3v) is 3.13. The summed E-state index contributed by atoms with van der Waals surface area (Å²) in [7, 11) is 0. The maximum Gasteiger partial charge on any atom is 0.234 e. The second-order valence-corrected chi connectivity index (χ2v) is 4.97. The lowest BCUT2D eigenvalue weighted by molar-refractivity contribution is -0.120. The summed E-state index contributed by atoms with van der Waals surface area (Å²) < 4.78 is 13.6. The molecule has 106 valence electrons. The Morgan fingerprint density at radius 3 is 2.89 bits per heavy atom. The number of nitrogens with one attached hydrogen (secondary N) is 2. The molecule has 0 bridgehead atoms. The maximum absolute atomic E-state index is 13.6. The lowest BCUT2D eigenvalue weighted by atomic mass is 10.2. The zero-order chi connectivity index (χ0) is 14.3. The summed E-state index contributed by atoms with van der Waals surface area (Å²) in [5, 5.41) is 5.85. The number of benzene rings is 1. The SMILES string of the molecule is CCC[C@@H](C)NCC(=O)NCc1cccc(Cl)c1F. The molecule has 5 heteroatoms. The molecule has 0 radical (unpaired) electrons. The summed E-state index contributed by atoms with van der Waals surface area (Å²) in [6, 6.07) is 5.05. The summed E-state index contributed by atoms with van der Waals surface area (Å²) in [4.78, 5) is 11.6. The van der Waals surface area contributed by atoms with E-state index in [1.807, 2.05) is 6.92 Å². The van der Waals surface area contributed by atoms with E-state index in [1.54, 1.807) is 12.1 Å². The van der Waals surface area contributed by atoms with E-state index in [9.17, 15) is 9.18 Å². The number of hydrogen-bond acceptors (Lipinski definition) is 2. The smallest absolute Gasteiger partial charge is 0.234 e. The van der Waals surface area contributed by atoms with Gasteiger partial charge in [-0.1, -0.05) is 37.1 Å². The second-order valence-electron chi connectivity index (χ2n) is 4.56. The minimum Gasteiger partial charge on any atom is -0.351 e. The normalized spacial score (nSPS) is 12.2. The molecule has 1 aromatic carbocycles. The number of halogens is 2. The van der Waals surface area contributed by atoms with Crippen LogP contribution in [0.5, 0.6) is 0 Å². The van der Waals surface area contributed by atoms with Crippen molar-refractivity contribution >= 4 is 17.5 Å². The van der Waals surface area contributed by atoms with Crippen molar-refractivity contribution in [2.75, 3.05) is 6.54 Å². The Labute approximate surface area is 118 Å².